The molecule has 0 bridgehead atoms. The Morgan fingerprint density at radius 3 is 2.29 bits per heavy atom. The Morgan fingerprint density at radius 2 is 1.75 bits per heavy atom. The molecule has 0 saturated carbocycles. The van der Waals surface area contributed by atoms with Gasteiger partial charge in [-0.2, -0.15) is 4.31 Å². The summed E-state index contributed by atoms with van der Waals surface area (Å²) in [7, 11) is -3.50. The Bertz CT molecular complexity index is 812. The van der Waals surface area contributed by atoms with Gasteiger partial charge in [0.05, 0.1) is 15.6 Å². The zero-order valence-electron chi connectivity index (χ0n) is 13.4. The summed E-state index contributed by atoms with van der Waals surface area (Å²) in [5.41, 5.74) is 0.701. The monoisotopic (exact) mass is 368 g/mol. The lowest BCUT2D eigenvalue weighted by atomic mass is 10.2. The zero-order valence-corrected chi connectivity index (χ0v) is 15.0. The van der Waals surface area contributed by atoms with Gasteiger partial charge in [0.15, 0.2) is 0 Å². The SMILES string of the molecule is CCN(CC)S(=O)(=O)c1ccc(N=Cc2c(F)cccc2Cl)cc1. The molecule has 24 heavy (non-hydrogen) atoms. The second kappa shape index (κ2) is 7.88. The second-order valence-electron chi connectivity index (χ2n) is 4.98. The standard InChI is InChI=1S/C17H18ClFN2O2S/c1-3-21(4-2)24(22,23)14-10-8-13(9-11-14)20-12-15-16(18)6-5-7-17(15)19/h5-12H,3-4H2,1-2H3. The van der Waals surface area contributed by atoms with Gasteiger partial charge in [-0.15, -0.1) is 0 Å². The smallest absolute Gasteiger partial charge is 0.243 e. The van der Waals surface area contributed by atoms with Crippen molar-refractivity contribution in [1.29, 1.82) is 0 Å². The maximum absolute atomic E-state index is 13.7. The summed E-state index contributed by atoms with van der Waals surface area (Å²) >= 11 is 5.93. The fourth-order valence-electron chi connectivity index (χ4n) is 2.19. The average molecular weight is 369 g/mol. The van der Waals surface area contributed by atoms with E-state index in [1.807, 2.05) is 0 Å². The van der Waals surface area contributed by atoms with Crippen LogP contribution in [0.2, 0.25) is 5.02 Å². The minimum absolute atomic E-state index is 0.194. The predicted molar refractivity (Wildman–Crippen MR) is 95.2 cm³/mol. The van der Waals surface area contributed by atoms with E-state index < -0.39 is 15.8 Å². The van der Waals surface area contributed by atoms with E-state index in [2.05, 4.69) is 4.99 Å². The van der Waals surface area contributed by atoms with Crippen LogP contribution >= 0.6 is 11.6 Å². The van der Waals surface area contributed by atoms with Gasteiger partial charge in [-0.1, -0.05) is 31.5 Å². The van der Waals surface area contributed by atoms with Gasteiger partial charge in [0.2, 0.25) is 10.0 Å². The summed E-state index contributed by atoms with van der Waals surface area (Å²) in [5, 5.41) is 0.263. The van der Waals surface area contributed by atoms with Crippen LogP contribution < -0.4 is 0 Å². The van der Waals surface area contributed by atoms with Crippen molar-refractivity contribution >= 4 is 33.5 Å². The second-order valence-corrected chi connectivity index (χ2v) is 7.32. The van der Waals surface area contributed by atoms with Crippen molar-refractivity contribution in [3.05, 3.63) is 58.9 Å². The van der Waals surface area contributed by atoms with Crippen LogP contribution in [0.5, 0.6) is 0 Å². The van der Waals surface area contributed by atoms with Crippen molar-refractivity contribution in [3.8, 4) is 0 Å². The highest BCUT2D eigenvalue weighted by molar-refractivity contribution is 7.89. The van der Waals surface area contributed by atoms with Crippen LogP contribution in [-0.2, 0) is 10.0 Å². The molecule has 2 aromatic carbocycles. The normalized spacial score (nSPS) is 12.2. The van der Waals surface area contributed by atoms with Crippen LogP contribution in [0.15, 0.2) is 52.4 Å². The molecular weight excluding hydrogens is 351 g/mol. The predicted octanol–water partition coefficient (Wildman–Crippen LogP) is 4.26. The Balaban J connectivity index is 2.26. The van der Waals surface area contributed by atoms with E-state index >= 15 is 0 Å². The molecule has 0 spiro atoms. The van der Waals surface area contributed by atoms with Crippen molar-refractivity contribution in [2.45, 2.75) is 18.7 Å². The van der Waals surface area contributed by atoms with Gasteiger partial charge in [0, 0.05) is 24.9 Å². The lowest BCUT2D eigenvalue weighted by molar-refractivity contribution is 0.445. The lowest BCUT2D eigenvalue weighted by Crippen LogP contribution is -2.30. The van der Waals surface area contributed by atoms with Crippen LogP contribution in [0, 0.1) is 5.82 Å². The molecule has 0 radical (unpaired) electrons. The molecule has 0 saturated heterocycles. The molecule has 0 aliphatic carbocycles. The third-order valence-corrected chi connectivity index (χ3v) is 5.92. The summed E-state index contributed by atoms with van der Waals surface area (Å²) in [6.45, 7) is 4.39. The highest BCUT2D eigenvalue weighted by Gasteiger charge is 2.21. The molecule has 7 heteroatoms. The number of rotatable bonds is 6. The highest BCUT2D eigenvalue weighted by atomic mass is 35.5. The van der Waals surface area contributed by atoms with Crippen molar-refractivity contribution in [1.82, 2.24) is 4.31 Å². The van der Waals surface area contributed by atoms with Gasteiger partial charge in [-0.3, -0.25) is 4.99 Å². The van der Waals surface area contributed by atoms with Crippen LogP contribution in [0.4, 0.5) is 10.1 Å². The minimum Gasteiger partial charge on any atom is -0.256 e. The summed E-state index contributed by atoms with van der Waals surface area (Å²) in [5.74, 6) is -0.466. The molecule has 0 aromatic heterocycles. The number of hydrogen-bond donors (Lipinski definition) is 0. The van der Waals surface area contributed by atoms with Crippen LogP contribution in [0.3, 0.4) is 0 Å². The number of aliphatic imine (C=N–C) groups is 1. The van der Waals surface area contributed by atoms with Crippen molar-refractivity contribution in [2.24, 2.45) is 4.99 Å². The first-order valence-corrected chi connectivity index (χ1v) is 9.30. The highest BCUT2D eigenvalue weighted by Crippen LogP contribution is 2.21. The molecule has 0 fully saturated rings. The molecule has 0 atom stereocenters. The van der Waals surface area contributed by atoms with Gasteiger partial charge in [-0.05, 0) is 36.4 Å². The van der Waals surface area contributed by atoms with E-state index in [1.54, 1.807) is 32.0 Å². The molecule has 4 nitrogen and oxygen atoms in total. The van der Waals surface area contributed by atoms with Gasteiger partial charge in [-0.25, -0.2) is 12.8 Å². The first-order valence-electron chi connectivity index (χ1n) is 7.48. The molecule has 0 unspecified atom stereocenters. The van der Waals surface area contributed by atoms with Gasteiger partial charge >= 0.3 is 0 Å². The van der Waals surface area contributed by atoms with E-state index in [4.69, 9.17) is 11.6 Å². The molecule has 0 aliphatic rings. The Labute approximate surface area is 146 Å². The summed E-state index contributed by atoms with van der Waals surface area (Å²) in [4.78, 5) is 4.35. The van der Waals surface area contributed by atoms with Crippen LogP contribution in [0.1, 0.15) is 19.4 Å². The average Bonchev–Trinajstić information content (AvgIpc) is 2.55. The molecule has 0 heterocycles. The number of hydrogen-bond acceptors (Lipinski definition) is 3. The fraction of sp³-hybridized carbons (Fsp3) is 0.235. The first kappa shape index (κ1) is 18.6. The van der Waals surface area contributed by atoms with E-state index in [0.717, 1.165) is 0 Å². The van der Waals surface area contributed by atoms with Crippen molar-refractivity contribution in [2.75, 3.05) is 13.1 Å². The van der Waals surface area contributed by atoms with Gasteiger partial charge in [0.1, 0.15) is 5.82 Å². The van der Waals surface area contributed by atoms with Crippen molar-refractivity contribution < 1.29 is 12.8 Å². The largest absolute Gasteiger partial charge is 0.256 e. The maximum atomic E-state index is 13.7. The van der Waals surface area contributed by atoms with Crippen LogP contribution in [-0.4, -0.2) is 32.0 Å². The Hall–Kier alpha value is -1.76. The topological polar surface area (TPSA) is 49.7 Å². The molecule has 2 aromatic rings. The summed E-state index contributed by atoms with van der Waals surface area (Å²) < 4.78 is 39.8. The third kappa shape index (κ3) is 4.01. The fourth-order valence-corrected chi connectivity index (χ4v) is 3.86. The summed E-state index contributed by atoms with van der Waals surface area (Å²) in [6.07, 6.45) is 1.32. The molecule has 128 valence electrons. The summed E-state index contributed by atoms with van der Waals surface area (Å²) in [6, 6.07) is 10.5. The van der Waals surface area contributed by atoms with E-state index in [0.29, 0.717) is 18.8 Å². The molecule has 0 N–H and O–H groups in total. The Morgan fingerprint density at radius 1 is 1.12 bits per heavy atom. The molecule has 0 amide bonds. The van der Waals surface area contributed by atoms with Gasteiger partial charge < -0.3 is 0 Å². The minimum atomic E-state index is -3.50. The lowest BCUT2D eigenvalue weighted by Gasteiger charge is -2.18. The van der Waals surface area contributed by atoms with E-state index in [9.17, 15) is 12.8 Å². The Kier molecular flexibility index (Phi) is 6.10. The third-order valence-electron chi connectivity index (χ3n) is 3.52. The van der Waals surface area contributed by atoms with E-state index in [-0.39, 0.29) is 15.5 Å². The molecule has 2 rings (SSSR count). The number of sulfonamides is 1. The first-order chi connectivity index (χ1) is 11.4. The van der Waals surface area contributed by atoms with Crippen LogP contribution in [0.25, 0.3) is 0 Å². The number of benzene rings is 2. The zero-order chi connectivity index (χ0) is 17.7. The quantitative estimate of drug-likeness (QED) is 0.715. The molecule has 0 aliphatic heterocycles. The van der Waals surface area contributed by atoms with Gasteiger partial charge in [0.25, 0.3) is 0 Å². The number of nitrogens with zero attached hydrogens (tertiary/aromatic N) is 2. The maximum Gasteiger partial charge on any atom is 0.243 e. The molecular formula is C17H18ClFN2O2S. The van der Waals surface area contributed by atoms with Crippen molar-refractivity contribution in [3.63, 3.8) is 0 Å². The van der Waals surface area contributed by atoms with E-state index in [1.165, 1.54) is 34.8 Å². The number of halogens is 2.